The lowest BCUT2D eigenvalue weighted by Gasteiger charge is -2.34. The lowest BCUT2D eigenvalue weighted by molar-refractivity contribution is 0.193. The molecule has 0 bridgehead atoms. The number of ether oxygens (including phenoxy) is 1. The quantitative estimate of drug-likeness (QED) is 0.719. The van der Waals surface area contributed by atoms with Crippen LogP contribution in [0.25, 0.3) is 0 Å². The lowest BCUT2D eigenvalue weighted by atomic mass is 9.98. The Morgan fingerprint density at radius 1 is 1.29 bits per heavy atom. The minimum atomic E-state index is -0.694. The van der Waals surface area contributed by atoms with Gasteiger partial charge in [-0.3, -0.25) is 4.21 Å². The van der Waals surface area contributed by atoms with E-state index in [4.69, 9.17) is 4.74 Å². The van der Waals surface area contributed by atoms with Gasteiger partial charge in [0.25, 0.3) is 0 Å². The van der Waals surface area contributed by atoms with Crippen molar-refractivity contribution in [3.63, 3.8) is 0 Å². The normalized spacial score (nSPS) is 33.7. The molecule has 17 heavy (non-hydrogen) atoms. The smallest absolute Gasteiger partial charge is 0.104 e. The zero-order valence-corrected chi connectivity index (χ0v) is 11.7. The minimum Gasteiger partial charge on any atom is -0.500 e. The van der Waals surface area contributed by atoms with Gasteiger partial charge in [-0.15, -0.1) is 0 Å². The van der Waals surface area contributed by atoms with Crippen molar-refractivity contribution in [2.45, 2.75) is 63.0 Å². The van der Waals surface area contributed by atoms with Crippen molar-refractivity contribution in [2.24, 2.45) is 0 Å². The van der Waals surface area contributed by atoms with Gasteiger partial charge in [-0.2, -0.15) is 0 Å². The fourth-order valence-electron chi connectivity index (χ4n) is 2.85. The molecule has 1 saturated heterocycles. The van der Waals surface area contributed by atoms with Crippen LogP contribution in [0.5, 0.6) is 0 Å². The lowest BCUT2D eigenvalue weighted by Crippen LogP contribution is -2.42. The zero-order valence-electron chi connectivity index (χ0n) is 10.9. The Kier molecular flexibility index (Phi) is 4.66. The summed E-state index contributed by atoms with van der Waals surface area (Å²) in [7, 11) is -0.694. The van der Waals surface area contributed by atoms with Crippen LogP contribution in [0.15, 0.2) is 11.8 Å². The van der Waals surface area contributed by atoms with Crippen molar-refractivity contribution in [3.05, 3.63) is 11.8 Å². The molecule has 2 atom stereocenters. The second-order valence-electron chi connectivity index (χ2n) is 5.34. The number of hydrogen-bond acceptors (Lipinski definition) is 2. The molecule has 0 aromatic rings. The van der Waals surface area contributed by atoms with Crippen molar-refractivity contribution in [1.29, 1.82) is 0 Å². The molecule has 0 aromatic carbocycles. The molecule has 2 unspecified atom stereocenters. The van der Waals surface area contributed by atoms with Crippen molar-refractivity contribution < 1.29 is 8.95 Å². The number of hydrogen-bond donors (Lipinski definition) is 0. The molecular formula is C14H24O2S. The van der Waals surface area contributed by atoms with Crippen molar-refractivity contribution in [1.82, 2.24) is 0 Å². The second-order valence-corrected chi connectivity index (χ2v) is 7.30. The van der Waals surface area contributed by atoms with Crippen LogP contribution in [-0.2, 0) is 15.5 Å². The van der Waals surface area contributed by atoms with E-state index < -0.39 is 10.8 Å². The fraction of sp³-hybridized carbons (Fsp3) is 0.857. The summed E-state index contributed by atoms with van der Waals surface area (Å²) in [4.78, 5) is 0. The van der Waals surface area contributed by atoms with Gasteiger partial charge < -0.3 is 4.74 Å². The van der Waals surface area contributed by atoms with Crippen molar-refractivity contribution >= 4 is 10.8 Å². The minimum absolute atomic E-state index is 0.0616. The van der Waals surface area contributed by atoms with Crippen LogP contribution < -0.4 is 0 Å². The van der Waals surface area contributed by atoms with Gasteiger partial charge in [-0.1, -0.05) is 13.3 Å². The highest BCUT2D eigenvalue weighted by Gasteiger charge is 2.37. The van der Waals surface area contributed by atoms with Crippen molar-refractivity contribution in [2.75, 3.05) is 12.4 Å². The Morgan fingerprint density at radius 2 is 2.06 bits per heavy atom. The molecule has 0 radical (unpaired) electrons. The van der Waals surface area contributed by atoms with Gasteiger partial charge in [0, 0.05) is 16.6 Å². The molecule has 2 nitrogen and oxygen atoms in total. The molecule has 0 aromatic heterocycles. The molecule has 1 saturated carbocycles. The molecule has 1 heterocycles. The highest BCUT2D eigenvalue weighted by atomic mass is 32.2. The van der Waals surface area contributed by atoms with Gasteiger partial charge in [0.1, 0.15) is 6.61 Å². The maximum Gasteiger partial charge on any atom is 0.104 e. The third kappa shape index (κ3) is 3.12. The summed E-state index contributed by atoms with van der Waals surface area (Å²) < 4.78 is 17.9. The van der Waals surface area contributed by atoms with E-state index in [0.29, 0.717) is 6.61 Å². The molecule has 1 aliphatic heterocycles. The van der Waals surface area contributed by atoms with Gasteiger partial charge >= 0.3 is 0 Å². The van der Waals surface area contributed by atoms with Crippen LogP contribution in [0.1, 0.15) is 58.3 Å². The summed E-state index contributed by atoms with van der Waals surface area (Å²) in [5, 5.41) is 0. The third-order valence-corrected chi connectivity index (χ3v) is 6.42. The Morgan fingerprint density at radius 3 is 2.71 bits per heavy atom. The van der Waals surface area contributed by atoms with Crippen LogP contribution in [-0.4, -0.2) is 21.3 Å². The Hall–Kier alpha value is -0.310. The molecular weight excluding hydrogens is 232 g/mol. The summed E-state index contributed by atoms with van der Waals surface area (Å²) in [5.74, 6) is 0.869. The van der Waals surface area contributed by atoms with Crippen LogP contribution in [0, 0.1) is 0 Å². The summed E-state index contributed by atoms with van der Waals surface area (Å²) in [6, 6.07) is 0. The SMILES string of the molecule is CCC1(COC=C2CCCC2)CCCCS1=O. The van der Waals surface area contributed by atoms with E-state index in [1.807, 2.05) is 6.26 Å². The van der Waals surface area contributed by atoms with Gasteiger partial charge in [0.2, 0.25) is 0 Å². The topological polar surface area (TPSA) is 26.3 Å². The van der Waals surface area contributed by atoms with E-state index in [9.17, 15) is 4.21 Å². The fourth-order valence-corrected chi connectivity index (χ4v) is 4.64. The van der Waals surface area contributed by atoms with E-state index in [1.165, 1.54) is 37.7 Å². The van der Waals surface area contributed by atoms with Gasteiger partial charge in [0.15, 0.2) is 0 Å². The van der Waals surface area contributed by atoms with Crippen LogP contribution >= 0.6 is 0 Å². The Labute approximate surface area is 107 Å². The monoisotopic (exact) mass is 256 g/mol. The number of allylic oxidation sites excluding steroid dienone is 1. The summed E-state index contributed by atoms with van der Waals surface area (Å²) in [5.41, 5.74) is 1.44. The zero-order chi connectivity index (χ0) is 12.1. The molecule has 3 heteroatoms. The number of rotatable bonds is 4. The first kappa shape index (κ1) is 13.1. The first-order valence-corrected chi connectivity index (χ1v) is 8.27. The van der Waals surface area contributed by atoms with Gasteiger partial charge in [0.05, 0.1) is 11.0 Å². The molecule has 0 N–H and O–H groups in total. The summed E-state index contributed by atoms with van der Waals surface area (Å²) in [6.45, 7) is 2.80. The van der Waals surface area contributed by atoms with E-state index in [0.717, 1.165) is 25.0 Å². The van der Waals surface area contributed by atoms with Gasteiger partial charge in [-0.25, -0.2) is 0 Å². The summed E-state index contributed by atoms with van der Waals surface area (Å²) >= 11 is 0. The maximum atomic E-state index is 12.2. The molecule has 2 aliphatic rings. The second kappa shape index (κ2) is 6.03. The van der Waals surface area contributed by atoms with E-state index >= 15 is 0 Å². The van der Waals surface area contributed by atoms with Crippen LogP contribution in [0.3, 0.4) is 0 Å². The summed E-state index contributed by atoms with van der Waals surface area (Å²) in [6.07, 6.45) is 11.3. The predicted octanol–water partition coefficient (Wildman–Crippen LogP) is 3.54. The molecule has 0 spiro atoms. The Bertz CT molecular complexity index is 303. The largest absolute Gasteiger partial charge is 0.500 e. The predicted molar refractivity (Wildman–Crippen MR) is 72.4 cm³/mol. The van der Waals surface area contributed by atoms with E-state index in [2.05, 4.69) is 6.92 Å². The highest BCUT2D eigenvalue weighted by molar-refractivity contribution is 7.86. The van der Waals surface area contributed by atoms with Gasteiger partial charge in [-0.05, 0) is 50.5 Å². The molecule has 2 fully saturated rings. The molecule has 1 aliphatic carbocycles. The molecule has 98 valence electrons. The van der Waals surface area contributed by atoms with Crippen LogP contribution in [0.2, 0.25) is 0 Å². The average Bonchev–Trinajstić information content (AvgIpc) is 2.85. The average molecular weight is 256 g/mol. The maximum absolute atomic E-state index is 12.2. The van der Waals surface area contributed by atoms with E-state index in [-0.39, 0.29) is 4.75 Å². The molecule has 0 amide bonds. The highest BCUT2D eigenvalue weighted by Crippen LogP contribution is 2.32. The van der Waals surface area contributed by atoms with Crippen LogP contribution in [0.4, 0.5) is 0 Å². The van der Waals surface area contributed by atoms with Crippen molar-refractivity contribution in [3.8, 4) is 0 Å². The van der Waals surface area contributed by atoms with E-state index in [1.54, 1.807) is 0 Å². The third-order valence-electron chi connectivity index (χ3n) is 4.18. The molecule has 2 rings (SSSR count). The first-order chi connectivity index (χ1) is 8.27. The Balaban J connectivity index is 1.90. The standard InChI is InChI=1S/C14H24O2S/c1-2-14(9-5-6-10-17(14)15)12-16-11-13-7-3-4-8-13/h11H,2-10,12H2,1H3. The first-order valence-electron chi connectivity index (χ1n) is 6.95.